The number of nitrogens with zero attached hydrogens (tertiary/aromatic N) is 2. The summed E-state index contributed by atoms with van der Waals surface area (Å²) in [4.78, 5) is 25.4. The summed E-state index contributed by atoms with van der Waals surface area (Å²) in [6.07, 6.45) is 12.4. The van der Waals surface area contributed by atoms with Crippen LogP contribution in [0.2, 0.25) is 0 Å². The summed E-state index contributed by atoms with van der Waals surface area (Å²) in [5, 5.41) is 1.47. The number of carbonyl (C=O) groups excluding carboxylic acids is 2. The number of rotatable bonds is 6. The molecule has 0 bridgehead atoms. The first-order valence-electron chi connectivity index (χ1n) is 22.6. The highest BCUT2D eigenvalue weighted by atomic mass is 32.2. The number of benzene rings is 4. The third kappa shape index (κ3) is 8.86. The van der Waals surface area contributed by atoms with Crippen molar-refractivity contribution in [1.82, 2.24) is 9.47 Å². The number of ether oxygens (including phenoxy) is 1. The Kier molecular flexibility index (Phi) is 12.9. The van der Waals surface area contributed by atoms with Crippen LogP contribution in [0.3, 0.4) is 0 Å². The highest BCUT2D eigenvalue weighted by Crippen LogP contribution is 2.65. The molecule has 0 amide bonds. The monoisotopic (exact) mass is 908 g/mol. The molecule has 10 rings (SSSR count). The van der Waals surface area contributed by atoms with E-state index < -0.39 is 30.0 Å². The van der Waals surface area contributed by atoms with Gasteiger partial charge >= 0.3 is 5.97 Å². The fraction of sp³-hybridized carbons (Fsp3) is 0.451. The Morgan fingerprint density at radius 3 is 2.05 bits per heavy atom. The second-order valence-corrected chi connectivity index (χ2v) is 21.8. The van der Waals surface area contributed by atoms with Crippen molar-refractivity contribution in [3.63, 3.8) is 0 Å². The maximum Gasteiger partial charge on any atom is 0.305 e. The summed E-state index contributed by atoms with van der Waals surface area (Å²) in [5.41, 5.74) is 7.63. The average molecular weight is 909 g/mol. The third-order valence-electron chi connectivity index (χ3n) is 15.4. The van der Waals surface area contributed by atoms with Gasteiger partial charge in [-0.25, -0.2) is 0 Å². The molecule has 11 nitrogen and oxygen atoms in total. The van der Waals surface area contributed by atoms with Gasteiger partial charge in [-0.2, -0.15) is 16.8 Å². The molecule has 340 valence electrons. The van der Waals surface area contributed by atoms with Gasteiger partial charge in [-0.3, -0.25) is 18.7 Å². The lowest BCUT2D eigenvalue weighted by Gasteiger charge is -2.57. The predicted octanol–water partition coefficient (Wildman–Crippen LogP) is 9.85. The second-order valence-electron chi connectivity index (χ2n) is 19.0. The van der Waals surface area contributed by atoms with Crippen molar-refractivity contribution in [2.75, 3.05) is 13.6 Å². The number of aromatic nitrogens is 1. The first-order valence-corrected chi connectivity index (χ1v) is 25.5. The minimum atomic E-state index is -4.47. The molecule has 0 saturated heterocycles. The average Bonchev–Trinajstić information content (AvgIpc) is 3.76. The number of ketones is 1. The Hall–Kier alpha value is -4.66. The number of fused-ring (bicyclic) bond motifs is 9. The van der Waals surface area contributed by atoms with E-state index in [9.17, 15) is 26.4 Å². The lowest BCUT2D eigenvalue weighted by molar-refractivity contribution is -0.159. The molecule has 5 aliphatic rings. The van der Waals surface area contributed by atoms with E-state index >= 15 is 0 Å². The normalized spacial score (nSPS) is 26.5. The highest BCUT2D eigenvalue weighted by Gasteiger charge is 2.60. The summed E-state index contributed by atoms with van der Waals surface area (Å²) in [7, 11) is -6.72. The number of hydrogen-bond donors (Lipinski definition) is 2. The number of hydrogen-bond acceptors (Lipinski definition) is 8. The molecule has 4 aromatic carbocycles. The number of esters is 1. The van der Waals surface area contributed by atoms with Crippen LogP contribution < -0.4 is 0 Å². The largest absolute Gasteiger partial charge is 0.462 e. The number of carbonyl (C=O) groups is 2. The topological polar surface area (TPSA) is 160 Å². The lowest BCUT2D eigenvalue weighted by atomic mass is 9.47. The lowest BCUT2D eigenvalue weighted by Crippen LogP contribution is -2.51. The molecule has 2 heterocycles. The number of allylic oxidation sites excluding steroid dienone is 1. The van der Waals surface area contributed by atoms with Crippen LogP contribution in [0.25, 0.3) is 21.7 Å². The third-order valence-corrected chi connectivity index (χ3v) is 17.2. The second kappa shape index (κ2) is 18.0. The van der Waals surface area contributed by atoms with E-state index in [4.69, 9.17) is 13.8 Å². The van der Waals surface area contributed by atoms with Gasteiger partial charge in [-0.1, -0.05) is 99.1 Å². The molecular weight excluding hydrogens is 849 g/mol. The van der Waals surface area contributed by atoms with Gasteiger partial charge in [0.1, 0.15) is 15.9 Å². The summed E-state index contributed by atoms with van der Waals surface area (Å²) in [6.45, 7) is 9.88. The Morgan fingerprint density at radius 2 is 1.39 bits per heavy atom. The molecule has 1 aromatic heterocycles. The zero-order chi connectivity index (χ0) is 45.6. The Balaban J connectivity index is 0.000000133. The SMILES string of the molecule is CCC(=O)OC1CCC2C3CCC4=CC(=O)CCC4(C)C3CCC12C.CN1CCc2c(c3ccccc3n2Cc2ccccc2)C1.O=S(=O)(O)c1cccc2c(S(=O)(=O)O)cccc12. The van der Waals surface area contributed by atoms with Crippen molar-refractivity contribution < 1.29 is 40.3 Å². The minimum Gasteiger partial charge on any atom is -0.462 e. The van der Waals surface area contributed by atoms with Crippen molar-refractivity contribution in [2.24, 2.45) is 28.6 Å². The van der Waals surface area contributed by atoms with Crippen LogP contribution in [0.5, 0.6) is 0 Å². The van der Waals surface area contributed by atoms with Gasteiger partial charge < -0.3 is 14.2 Å². The fourth-order valence-electron chi connectivity index (χ4n) is 12.1. The summed E-state index contributed by atoms with van der Waals surface area (Å²) in [5.74, 6) is 2.41. The van der Waals surface area contributed by atoms with E-state index in [1.165, 1.54) is 76.8 Å². The molecule has 13 heteroatoms. The van der Waals surface area contributed by atoms with Gasteiger partial charge in [-0.05, 0) is 111 Å². The Labute approximate surface area is 377 Å². The van der Waals surface area contributed by atoms with Gasteiger partial charge in [0.05, 0.1) is 0 Å². The van der Waals surface area contributed by atoms with E-state index in [0.29, 0.717) is 24.0 Å². The predicted molar refractivity (Wildman–Crippen MR) is 248 cm³/mol. The van der Waals surface area contributed by atoms with Crippen molar-refractivity contribution in [2.45, 2.75) is 114 Å². The van der Waals surface area contributed by atoms with E-state index in [2.05, 4.69) is 85.0 Å². The Bertz CT molecular complexity index is 2770. The number of likely N-dealkylation sites (N-methyl/N-ethyl adjacent to an activating group) is 1. The molecule has 3 fully saturated rings. The molecule has 5 aromatic rings. The molecule has 0 radical (unpaired) electrons. The molecule has 2 N–H and O–H groups in total. The van der Waals surface area contributed by atoms with Gasteiger partial charge in [0, 0.05) is 71.7 Å². The minimum absolute atomic E-state index is 0.0233. The van der Waals surface area contributed by atoms with E-state index in [1.807, 2.05) is 13.0 Å². The van der Waals surface area contributed by atoms with Gasteiger partial charge in [0.2, 0.25) is 0 Å². The van der Waals surface area contributed by atoms with Crippen molar-refractivity contribution in [3.8, 4) is 0 Å². The molecule has 4 aliphatic carbocycles. The maximum absolute atomic E-state index is 11.9. The highest BCUT2D eigenvalue weighted by molar-refractivity contribution is 7.86. The first kappa shape index (κ1) is 45.9. The van der Waals surface area contributed by atoms with Crippen molar-refractivity contribution >= 4 is 53.7 Å². The standard InChI is InChI=1S/C22H32O3.C19H20N2.C10H8O6S2/c1-4-20(24)25-19-8-7-17-16-6-5-14-13-15(23)9-11-21(14,2)18(16)10-12-22(17,19)3;1-20-12-11-19-17(14-20)16-9-5-6-10-18(16)21(19)13-15-7-3-2-4-8-15;11-17(12,13)9-5-1-3-7-8(9)4-2-6-10(7)18(14,15)16/h13,16-19H,4-12H2,1-3H3;2-10H,11-14H2,1H3;1-6H,(H,11,12,13)(H,14,15,16). The van der Waals surface area contributed by atoms with Crippen LogP contribution in [-0.4, -0.2) is 66.9 Å². The quantitative estimate of drug-likeness (QED) is 0.124. The smallest absolute Gasteiger partial charge is 0.305 e. The van der Waals surface area contributed by atoms with Crippen LogP contribution in [0.15, 0.2) is 112 Å². The van der Waals surface area contributed by atoms with E-state index in [0.717, 1.165) is 76.2 Å². The van der Waals surface area contributed by atoms with Crippen LogP contribution in [0.4, 0.5) is 0 Å². The van der Waals surface area contributed by atoms with Crippen LogP contribution in [-0.2, 0) is 54.1 Å². The van der Waals surface area contributed by atoms with Crippen LogP contribution >= 0.6 is 0 Å². The molecule has 3 saturated carbocycles. The van der Waals surface area contributed by atoms with E-state index in [-0.39, 0.29) is 33.7 Å². The summed E-state index contributed by atoms with van der Waals surface area (Å²) in [6, 6.07) is 27.1. The first-order chi connectivity index (χ1) is 30.4. The molecular formula is C51H60N2O9S2. The van der Waals surface area contributed by atoms with Gasteiger partial charge in [0.25, 0.3) is 20.2 Å². The number of para-hydroxylation sites is 1. The molecule has 1 aliphatic heterocycles. The molecule has 0 spiro atoms. The zero-order valence-electron chi connectivity index (χ0n) is 37.2. The van der Waals surface area contributed by atoms with Crippen LogP contribution in [0, 0.1) is 28.6 Å². The van der Waals surface area contributed by atoms with E-state index in [1.54, 1.807) is 0 Å². The molecule has 6 atom stereocenters. The molecule has 6 unspecified atom stereocenters. The fourth-order valence-corrected chi connectivity index (χ4v) is 13.5. The van der Waals surface area contributed by atoms with Crippen molar-refractivity contribution in [1.29, 1.82) is 0 Å². The van der Waals surface area contributed by atoms with Gasteiger partial charge in [0.15, 0.2) is 5.78 Å². The molecule has 64 heavy (non-hydrogen) atoms. The summed E-state index contributed by atoms with van der Waals surface area (Å²) >= 11 is 0. The summed E-state index contributed by atoms with van der Waals surface area (Å²) < 4.78 is 71.1. The maximum atomic E-state index is 11.9. The Morgan fingerprint density at radius 1 is 0.750 bits per heavy atom. The van der Waals surface area contributed by atoms with Crippen molar-refractivity contribution in [3.05, 3.63) is 119 Å². The van der Waals surface area contributed by atoms with Crippen LogP contribution in [0.1, 0.15) is 95.4 Å². The zero-order valence-corrected chi connectivity index (χ0v) is 38.8. The van der Waals surface area contributed by atoms with Gasteiger partial charge in [-0.15, -0.1) is 0 Å².